The van der Waals surface area contributed by atoms with Gasteiger partial charge in [0.05, 0.1) is 40.6 Å². The van der Waals surface area contributed by atoms with Crippen molar-refractivity contribution in [3.8, 4) is 5.75 Å². The van der Waals surface area contributed by atoms with Crippen LogP contribution in [-0.2, 0) is 6.54 Å². The molecular weight excluding hydrogens is 428 g/mol. The van der Waals surface area contributed by atoms with E-state index in [0.717, 1.165) is 32.7 Å². The highest BCUT2D eigenvalue weighted by Gasteiger charge is 2.12. The number of ether oxygens (including phenoxy) is 1. The number of aromatic nitrogens is 2. The topological polar surface area (TPSA) is 68.5 Å². The third kappa shape index (κ3) is 4.45. The molecule has 0 unspecified atom stereocenters. The van der Waals surface area contributed by atoms with Gasteiger partial charge in [0, 0.05) is 5.56 Å². The van der Waals surface area contributed by atoms with Crippen LogP contribution in [-0.4, -0.2) is 29.0 Å². The van der Waals surface area contributed by atoms with Gasteiger partial charge in [0.25, 0.3) is 5.91 Å². The highest BCUT2D eigenvalue weighted by atomic mass is 79.9. The number of benzene rings is 1. The molecule has 0 atom stereocenters. The lowest BCUT2D eigenvalue weighted by molar-refractivity contribution is 0.0959. The molecule has 0 radical (unpaired) electrons. The van der Waals surface area contributed by atoms with Crippen LogP contribution in [0.25, 0.3) is 0 Å². The zero-order valence-electron chi connectivity index (χ0n) is 15.2. The summed E-state index contributed by atoms with van der Waals surface area (Å²) in [5, 5.41) is 10.4. The van der Waals surface area contributed by atoms with E-state index in [9.17, 15) is 4.79 Å². The normalized spacial score (nSPS) is 11.1. The molecule has 3 aromatic rings. The van der Waals surface area contributed by atoms with Crippen LogP contribution in [0.5, 0.6) is 5.75 Å². The molecule has 1 aromatic carbocycles. The molecule has 0 spiro atoms. The number of nitrogens with zero attached hydrogens (tertiary/aromatic N) is 3. The fraction of sp³-hybridized carbons (Fsp3) is 0.211. The third-order valence-corrected chi connectivity index (χ3v) is 6.07. The summed E-state index contributed by atoms with van der Waals surface area (Å²) >= 11 is 4.92. The lowest BCUT2D eigenvalue weighted by atomic mass is 10.1. The number of aryl methyl sites for hydroxylation is 1. The second-order valence-corrected chi connectivity index (χ2v) is 7.63. The van der Waals surface area contributed by atoms with Gasteiger partial charge in [-0.1, -0.05) is 18.2 Å². The van der Waals surface area contributed by atoms with E-state index in [1.54, 1.807) is 19.4 Å². The summed E-state index contributed by atoms with van der Waals surface area (Å²) < 4.78 is 8.48. The minimum Gasteiger partial charge on any atom is -0.496 e. The van der Waals surface area contributed by atoms with Gasteiger partial charge >= 0.3 is 0 Å². The number of halogens is 1. The molecule has 2 heterocycles. The summed E-state index contributed by atoms with van der Waals surface area (Å²) in [6.45, 7) is 4.59. The summed E-state index contributed by atoms with van der Waals surface area (Å²) in [4.78, 5) is 12.5. The number of rotatable bonds is 6. The molecule has 27 heavy (non-hydrogen) atoms. The summed E-state index contributed by atoms with van der Waals surface area (Å²) in [7, 11) is 1.63. The Balaban J connectivity index is 1.73. The first kappa shape index (κ1) is 19.3. The van der Waals surface area contributed by atoms with Gasteiger partial charge in [-0.05, 0) is 52.9 Å². The van der Waals surface area contributed by atoms with Crippen LogP contribution in [0.1, 0.15) is 32.2 Å². The molecule has 2 aromatic heterocycles. The number of nitrogens with one attached hydrogen (secondary N) is 1. The average molecular weight is 447 g/mol. The zero-order chi connectivity index (χ0) is 19.4. The van der Waals surface area contributed by atoms with Gasteiger partial charge in [0.2, 0.25) is 0 Å². The number of hydrogen-bond donors (Lipinski definition) is 1. The summed E-state index contributed by atoms with van der Waals surface area (Å²) in [6, 6.07) is 9.38. The van der Waals surface area contributed by atoms with Crippen molar-refractivity contribution < 1.29 is 9.53 Å². The quantitative estimate of drug-likeness (QED) is 0.456. The number of thiophene rings is 1. The SMILES string of the molecule is COc1cc(C=NNC(=O)c2cccs2)ccc1Cn1nc(C)c(Br)c1C. The first-order valence-corrected chi connectivity index (χ1v) is 9.90. The number of carbonyl (C=O) groups excluding carboxylic acids is 1. The Morgan fingerprint density at radius 3 is 2.85 bits per heavy atom. The number of methoxy groups -OCH3 is 1. The molecule has 0 saturated heterocycles. The molecule has 1 N–H and O–H groups in total. The Morgan fingerprint density at radius 2 is 2.22 bits per heavy atom. The van der Waals surface area contributed by atoms with E-state index in [-0.39, 0.29) is 5.91 Å². The van der Waals surface area contributed by atoms with Gasteiger partial charge in [-0.3, -0.25) is 9.48 Å². The molecule has 0 fully saturated rings. The molecular formula is C19H19BrN4O2S. The van der Waals surface area contributed by atoms with Gasteiger partial charge in [0.15, 0.2) is 0 Å². The van der Waals surface area contributed by atoms with Crippen LogP contribution < -0.4 is 10.2 Å². The van der Waals surface area contributed by atoms with Crippen molar-refractivity contribution in [1.82, 2.24) is 15.2 Å². The molecule has 0 aliphatic rings. The second-order valence-electron chi connectivity index (χ2n) is 5.89. The minimum atomic E-state index is -0.222. The minimum absolute atomic E-state index is 0.222. The van der Waals surface area contributed by atoms with Crippen LogP contribution in [0, 0.1) is 13.8 Å². The van der Waals surface area contributed by atoms with Crippen LogP contribution in [0.15, 0.2) is 45.3 Å². The molecule has 0 aliphatic carbocycles. The fourth-order valence-electron chi connectivity index (χ4n) is 2.59. The first-order valence-electron chi connectivity index (χ1n) is 8.23. The maximum Gasteiger partial charge on any atom is 0.281 e. The molecule has 8 heteroatoms. The highest BCUT2D eigenvalue weighted by Crippen LogP contribution is 2.24. The summed E-state index contributed by atoms with van der Waals surface area (Å²) in [5.74, 6) is 0.521. The van der Waals surface area contributed by atoms with Gasteiger partial charge in [-0.15, -0.1) is 11.3 Å². The van der Waals surface area contributed by atoms with Crippen LogP contribution in [0.3, 0.4) is 0 Å². The van der Waals surface area contributed by atoms with Crippen molar-refractivity contribution in [1.29, 1.82) is 0 Å². The molecule has 140 valence electrons. The zero-order valence-corrected chi connectivity index (χ0v) is 17.6. The van der Waals surface area contributed by atoms with Crippen LogP contribution in [0.4, 0.5) is 0 Å². The number of amides is 1. The van der Waals surface area contributed by atoms with Gasteiger partial charge in [0.1, 0.15) is 5.75 Å². The van der Waals surface area contributed by atoms with Crippen molar-refractivity contribution in [3.63, 3.8) is 0 Å². The smallest absolute Gasteiger partial charge is 0.281 e. The van der Waals surface area contributed by atoms with Crippen LogP contribution >= 0.6 is 27.3 Å². The third-order valence-electron chi connectivity index (χ3n) is 4.05. The van der Waals surface area contributed by atoms with Crippen LogP contribution in [0.2, 0.25) is 0 Å². The van der Waals surface area contributed by atoms with Gasteiger partial charge in [-0.25, -0.2) is 5.43 Å². The van der Waals surface area contributed by atoms with E-state index < -0.39 is 0 Å². The van der Waals surface area contributed by atoms with Crippen molar-refractivity contribution in [3.05, 3.63) is 67.6 Å². The Kier molecular flexibility index (Phi) is 6.08. The lowest BCUT2D eigenvalue weighted by Crippen LogP contribution is -2.16. The highest BCUT2D eigenvalue weighted by molar-refractivity contribution is 9.10. The maximum absolute atomic E-state index is 11.9. The summed E-state index contributed by atoms with van der Waals surface area (Å²) in [6.07, 6.45) is 1.59. The molecule has 1 amide bonds. The van der Waals surface area contributed by atoms with E-state index in [0.29, 0.717) is 11.4 Å². The van der Waals surface area contributed by atoms with Crippen molar-refractivity contribution in [2.24, 2.45) is 5.10 Å². The monoisotopic (exact) mass is 446 g/mol. The Labute approximate surface area is 170 Å². The van der Waals surface area contributed by atoms with E-state index in [1.165, 1.54) is 11.3 Å². The molecule has 0 saturated carbocycles. The number of carbonyl (C=O) groups is 1. The standard InChI is InChI=1S/C19H19BrN4O2S/c1-12-18(20)13(2)24(23-12)11-15-7-6-14(9-16(15)26-3)10-21-22-19(25)17-5-4-8-27-17/h4-10H,11H2,1-3H3,(H,22,25). The molecule has 6 nitrogen and oxygen atoms in total. The summed E-state index contributed by atoms with van der Waals surface area (Å²) in [5.41, 5.74) is 6.38. The first-order chi connectivity index (χ1) is 13.0. The molecule has 3 rings (SSSR count). The maximum atomic E-state index is 11.9. The predicted octanol–water partition coefficient (Wildman–Crippen LogP) is 4.14. The lowest BCUT2D eigenvalue weighted by Gasteiger charge is -2.11. The van der Waals surface area contributed by atoms with E-state index in [4.69, 9.17) is 4.74 Å². The van der Waals surface area contributed by atoms with Crippen molar-refractivity contribution in [2.75, 3.05) is 7.11 Å². The van der Waals surface area contributed by atoms with Crippen molar-refractivity contribution in [2.45, 2.75) is 20.4 Å². The van der Waals surface area contributed by atoms with Gasteiger partial charge < -0.3 is 4.74 Å². The molecule has 0 bridgehead atoms. The number of hydrogen-bond acceptors (Lipinski definition) is 5. The predicted molar refractivity (Wildman–Crippen MR) is 111 cm³/mol. The van der Waals surface area contributed by atoms with E-state index >= 15 is 0 Å². The van der Waals surface area contributed by atoms with Gasteiger partial charge in [-0.2, -0.15) is 10.2 Å². The van der Waals surface area contributed by atoms with Crippen molar-refractivity contribution >= 4 is 39.4 Å². The largest absolute Gasteiger partial charge is 0.496 e. The Bertz CT molecular complexity index is 980. The Morgan fingerprint density at radius 1 is 1.41 bits per heavy atom. The Hall–Kier alpha value is -2.45. The molecule has 0 aliphatic heterocycles. The number of hydrazone groups is 1. The fourth-order valence-corrected chi connectivity index (χ4v) is 3.49. The van der Waals surface area contributed by atoms with E-state index in [1.807, 2.05) is 48.2 Å². The second kappa shape index (κ2) is 8.49. The van der Waals surface area contributed by atoms with E-state index in [2.05, 4.69) is 31.6 Å². The average Bonchev–Trinajstić information content (AvgIpc) is 3.28.